The van der Waals surface area contributed by atoms with Crippen LogP contribution in [0.2, 0.25) is 0 Å². The zero-order valence-corrected chi connectivity index (χ0v) is 12.4. The van der Waals surface area contributed by atoms with Crippen molar-refractivity contribution in [1.29, 1.82) is 0 Å². The van der Waals surface area contributed by atoms with E-state index in [0.717, 1.165) is 25.7 Å². The third kappa shape index (κ3) is 5.97. The van der Waals surface area contributed by atoms with E-state index in [0.29, 0.717) is 12.5 Å². The van der Waals surface area contributed by atoms with E-state index in [1.807, 2.05) is 7.05 Å². The number of rotatable bonds is 7. The molecule has 0 aromatic heterocycles. The van der Waals surface area contributed by atoms with Crippen molar-refractivity contribution in [3.8, 4) is 0 Å². The van der Waals surface area contributed by atoms with Crippen molar-refractivity contribution in [2.45, 2.75) is 44.8 Å². The number of aliphatic hydroxyl groups excluding tert-OH is 1. The first kappa shape index (κ1) is 17.7. The average molecular weight is 296 g/mol. The Bertz CT molecular complexity index is 274. The molecule has 0 aromatic rings. The summed E-state index contributed by atoms with van der Waals surface area (Å²) in [5, 5.41) is 12.2. The molecule has 6 heteroatoms. The second kappa shape index (κ2) is 8.20. The molecule has 2 N–H and O–H groups in total. The molecule has 3 atom stereocenters. The lowest BCUT2D eigenvalue weighted by Crippen LogP contribution is -2.47. The number of nitrogens with zero attached hydrogens (tertiary/aromatic N) is 1. The van der Waals surface area contributed by atoms with Gasteiger partial charge in [0.2, 0.25) is 0 Å². The normalized spacial score (nSPS) is 28.1. The number of hydrogen-bond donors (Lipinski definition) is 2. The molecule has 1 saturated carbocycles. The number of halogens is 3. The van der Waals surface area contributed by atoms with Gasteiger partial charge in [-0.05, 0) is 38.1 Å². The summed E-state index contributed by atoms with van der Waals surface area (Å²) in [7, 11) is 1.88. The predicted molar refractivity (Wildman–Crippen MR) is 73.6 cm³/mol. The van der Waals surface area contributed by atoms with E-state index >= 15 is 0 Å². The molecule has 120 valence electrons. The largest absolute Gasteiger partial charge is 0.401 e. The summed E-state index contributed by atoms with van der Waals surface area (Å²) >= 11 is 0. The second-order valence-electron chi connectivity index (χ2n) is 5.82. The Labute approximate surface area is 119 Å². The summed E-state index contributed by atoms with van der Waals surface area (Å²) in [4.78, 5) is 1.34. The molecule has 0 amide bonds. The summed E-state index contributed by atoms with van der Waals surface area (Å²) in [5.74, 6) is 0.846. The van der Waals surface area contributed by atoms with Crippen molar-refractivity contribution in [3.05, 3.63) is 0 Å². The van der Waals surface area contributed by atoms with E-state index < -0.39 is 12.7 Å². The molecule has 0 bridgehead atoms. The lowest BCUT2D eigenvalue weighted by molar-refractivity contribution is -0.148. The number of alkyl halides is 3. The van der Waals surface area contributed by atoms with Crippen molar-refractivity contribution >= 4 is 0 Å². The number of nitrogens with one attached hydrogen (secondary N) is 1. The van der Waals surface area contributed by atoms with Crippen molar-refractivity contribution in [2.24, 2.45) is 11.8 Å². The third-order valence-corrected chi connectivity index (χ3v) is 4.35. The van der Waals surface area contributed by atoms with Gasteiger partial charge in [-0.3, -0.25) is 4.90 Å². The molecule has 0 aliphatic heterocycles. The van der Waals surface area contributed by atoms with Crippen LogP contribution in [0.25, 0.3) is 0 Å². The SMILES string of the molecule is CCC1CCC(NC)C(CN(CCO)CC(F)(F)F)C1. The van der Waals surface area contributed by atoms with Gasteiger partial charge in [-0.2, -0.15) is 13.2 Å². The van der Waals surface area contributed by atoms with E-state index in [1.54, 1.807) is 0 Å². The topological polar surface area (TPSA) is 35.5 Å². The third-order valence-electron chi connectivity index (χ3n) is 4.35. The molecule has 1 fully saturated rings. The van der Waals surface area contributed by atoms with Crippen molar-refractivity contribution in [3.63, 3.8) is 0 Å². The highest BCUT2D eigenvalue weighted by atomic mass is 19.4. The van der Waals surface area contributed by atoms with Crippen molar-refractivity contribution in [1.82, 2.24) is 10.2 Å². The first-order valence-electron chi connectivity index (χ1n) is 7.46. The lowest BCUT2D eigenvalue weighted by atomic mass is 9.76. The van der Waals surface area contributed by atoms with Gasteiger partial charge in [0.25, 0.3) is 0 Å². The molecule has 20 heavy (non-hydrogen) atoms. The maximum atomic E-state index is 12.6. The maximum Gasteiger partial charge on any atom is 0.401 e. The molecule has 1 aliphatic carbocycles. The minimum absolute atomic E-state index is 0.0865. The monoisotopic (exact) mass is 296 g/mol. The van der Waals surface area contributed by atoms with Crippen LogP contribution < -0.4 is 5.32 Å². The molecule has 3 nitrogen and oxygen atoms in total. The molecule has 0 radical (unpaired) electrons. The van der Waals surface area contributed by atoms with E-state index in [4.69, 9.17) is 5.11 Å². The van der Waals surface area contributed by atoms with Gasteiger partial charge < -0.3 is 10.4 Å². The van der Waals surface area contributed by atoms with Crippen LogP contribution in [0, 0.1) is 11.8 Å². The Morgan fingerprint density at radius 2 is 2.00 bits per heavy atom. The van der Waals surface area contributed by atoms with Crippen LogP contribution in [0.15, 0.2) is 0 Å². The Balaban J connectivity index is 2.62. The highest BCUT2D eigenvalue weighted by Gasteiger charge is 2.34. The van der Waals surface area contributed by atoms with E-state index in [9.17, 15) is 13.2 Å². The second-order valence-corrected chi connectivity index (χ2v) is 5.82. The number of hydrogen-bond acceptors (Lipinski definition) is 3. The number of aliphatic hydroxyl groups is 1. The average Bonchev–Trinajstić information content (AvgIpc) is 2.37. The zero-order chi connectivity index (χ0) is 15.2. The summed E-state index contributed by atoms with van der Waals surface area (Å²) in [6.07, 6.45) is 0.0353. The van der Waals surface area contributed by atoms with E-state index in [-0.39, 0.29) is 25.1 Å². The molecule has 1 aliphatic rings. The fraction of sp³-hybridized carbons (Fsp3) is 1.00. The molecule has 0 spiro atoms. The fourth-order valence-electron chi connectivity index (χ4n) is 3.28. The molecular formula is C14H27F3N2O. The van der Waals surface area contributed by atoms with Gasteiger partial charge in [0.05, 0.1) is 13.2 Å². The minimum Gasteiger partial charge on any atom is -0.395 e. The van der Waals surface area contributed by atoms with Crippen molar-refractivity contribution in [2.75, 3.05) is 33.3 Å². The highest BCUT2D eigenvalue weighted by Crippen LogP contribution is 2.32. The molecule has 0 heterocycles. The summed E-state index contributed by atoms with van der Waals surface area (Å²) in [6, 6.07) is 0.284. The Morgan fingerprint density at radius 3 is 2.50 bits per heavy atom. The van der Waals surface area contributed by atoms with Crippen LogP contribution in [-0.4, -0.2) is 55.5 Å². The first-order valence-corrected chi connectivity index (χ1v) is 7.46. The van der Waals surface area contributed by atoms with Gasteiger partial charge in [0.15, 0.2) is 0 Å². The Kier molecular flexibility index (Phi) is 7.26. The minimum atomic E-state index is -4.21. The van der Waals surface area contributed by atoms with Gasteiger partial charge >= 0.3 is 6.18 Å². The molecule has 1 rings (SSSR count). The van der Waals surface area contributed by atoms with E-state index in [2.05, 4.69) is 12.2 Å². The highest BCUT2D eigenvalue weighted by molar-refractivity contribution is 4.86. The van der Waals surface area contributed by atoms with Crippen LogP contribution in [0.1, 0.15) is 32.6 Å². The van der Waals surface area contributed by atoms with Crippen LogP contribution in [0.5, 0.6) is 0 Å². The van der Waals surface area contributed by atoms with Crippen LogP contribution in [-0.2, 0) is 0 Å². The van der Waals surface area contributed by atoms with Crippen LogP contribution >= 0.6 is 0 Å². The molecule has 0 saturated heterocycles. The molecule has 0 aromatic carbocycles. The first-order chi connectivity index (χ1) is 9.39. The quantitative estimate of drug-likeness (QED) is 0.756. The fourth-order valence-corrected chi connectivity index (χ4v) is 3.28. The molecule has 3 unspecified atom stereocenters. The van der Waals surface area contributed by atoms with Gasteiger partial charge in [-0.25, -0.2) is 0 Å². The van der Waals surface area contributed by atoms with Gasteiger partial charge in [0, 0.05) is 19.1 Å². The van der Waals surface area contributed by atoms with Gasteiger partial charge in [0.1, 0.15) is 0 Å². The summed E-state index contributed by atoms with van der Waals surface area (Å²) in [5.41, 5.74) is 0. The Morgan fingerprint density at radius 1 is 1.30 bits per heavy atom. The van der Waals surface area contributed by atoms with E-state index in [1.165, 1.54) is 4.90 Å². The standard InChI is InChI=1S/C14H27F3N2O/c1-3-11-4-5-13(18-2)12(8-11)9-19(6-7-20)10-14(15,16)17/h11-13,18,20H,3-10H2,1-2H3. The lowest BCUT2D eigenvalue weighted by Gasteiger charge is -2.38. The van der Waals surface area contributed by atoms with Gasteiger partial charge in [-0.15, -0.1) is 0 Å². The van der Waals surface area contributed by atoms with Crippen LogP contribution in [0.4, 0.5) is 13.2 Å². The Hall–Kier alpha value is -0.330. The maximum absolute atomic E-state index is 12.6. The van der Waals surface area contributed by atoms with Crippen molar-refractivity contribution < 1.29 is 18.3 Å². The summed E-state index contributed by atoms with van der Waals surface area (Å²) < 4.78 is 37.7. The molecular weight excluding hydrogens is 269 g/mol. The smallest absolute Gasteiger partial charge is 0.395 e. The zero-order valence-electron chi connectivity index (χ0n) is 12.4. The summed E-state index contributed by atoms with van der Waals surface area (Å²) in [6.45, 7) is 1.47. The van der Waals surface area contributed by atoms with Crippen LogP contribution in [0.3, 0.4) is 0 Å². The van der Waals surface area contributed by atoms with Gasteiger partial charge in [-0.1, -0.05) is 13.3 Å². The predicted octanol–water partition coefficient (Wildman–Crippen LogP) is 2.26.